The zero-order valence-electron chi connectivity index (χ0n) is 13.0. The van der Waals surface area contributed by atoms with E-state index in [4.69, 9.17) is 5.73 Å². The average molecular weight is 268 g/mol. The van der Waals surface area contributed by atoms with Gasteiger partial charge in [0, 0.05) is 18.5 Å². The van der Waals surface area contributed by atoms with Crippen LogP contribution < -0.4 is 5.73 Å². The lowest BCUT2D eigenvalue weighted by Gasteiger charge is -2.34. The molecule has 3 nitrogen and oxygen atoms in total. The maximum Gasteiger partial charge on any atom is 0.225 e. The summed E-state index contributed by atoms with van der Waals surface area (Å²) in [4.78, 5) is 14.7. The maximum atomic E-state index is 12.6. The molecule has 1 aliphatic rings. The van der Waals surface area contributed by atoms with Gasteiger partial charge in [0.15, 0.2) is 0 Å². The molecular weight excluding hydrogens is 236 g/mol. The van der Waals surface area contributed by atoms with Crippen molar-refractivity contribution in [2.24, 2.45) is 17.6 Å². The standard InChI is InChI=1S/C16H32N2O/c1-4-5-6-11-18(13(2)3)16(19)15-9-7-14(12-17)8-10-15/h13-15H,4-12,17H2,1-3H3. The summed E-state index contributed by atoms with van der Waals surface area (Å²) in [6.45, 7) is 8.19. The molecule has 0 aromatic carbocycles. The molecule has 0 bridgehead atoms. The van der Waals surface area contributed by atoms with Crippen LogP contribution in [0.3, 0.4) is 0 Å². The summed E-state index contributed by atoms with van der Waals surface area (Å²) in [7, 11) is 0. The van der Waals surface area contributed by atoms with Crippen molar-refractivity contribution in [3.8, 4) is 0 Å². The molecule has 0 aromatic heterocycles. The summed E-state index contributed by atoms with van der Waals surface area (Å²) in [6, 6.07) is 0.330. The number of carbonyl (C=O) groups is 1. The first-order valence-electron chi connectivity index (χ1n) is 8.10. The molecule has 0 spiro atoms. The van der Waals surface area contributed by atoms with Crippen molar-refractivity contribution in [1.82, 2.24) is 4.90 Å². The maximum absolute atomic E-state index is 12.6. The number of rotatable bonds is 7. The summed E-state index contributed by atoms with van der Waals surface area (Å²) in [5.74, 6) is 1.30. The van der Waals surface area contributed by atoms with Gasteiger partial charge in [0.05, 0.1) is 0 Å². The van der Waals surface area contributed by atoms with Crippen LogP contribution in [-0.4, -0.2) is 29.9 Å². The molecule has 0 atom stereocenters. The highest BCUT2D eigenvalue weighted by atomic mass is 16.2. The SMILES string of the molecule is CCCCCN(C(=O)C1CCC(CN)CC1)C(C)C. The molecule has 0 aliphatic heterocycles. The van der Waals surface area contributed by atoms with E-state index in [1.54, 1.807) is 0 Å². The van der Waals surface area contributed by atoms with Crippen LogP contribution in [0.4, 0.5) is 0 Å². The quantitative estimate of drug-likeness (QED) is 0.721. The fourth-order valence-electron chi connectivity index (χ4n) is 3.03. The molecule has 1 aliphatic carbocycles. The van der Waals surface area contributed by atoms with E-state index in [-0.39, 0.29) is 5.92 Å². The lowest BCUT2D eigenvalue weighted by molar-refractivity contribution is -0.138. The molecule has 0 saturated heterocycles. The second kappa shape index (κ2) is 8.57. The molecule has 19 heavy (non-hydrogen) atoms. The first kappa shape index (κ1) is 16.5. The van der Waals surface area contributed by atoms with Crippen LogP contribution in [-0.2, 0) is 4.79 Å². The number of nitrogens with zero attached hydrogens (tertiary/aromatic N) is 1. The molecule has 3 heteroatoms. The van der Waals surface area contributed by atoms with Crippen molar-refractivity contribution in [3.05, 3.63) is 0 Å². The largest absolute Gasteiger partial charge is 0.340 e. The van der Waals surface area contributed by atoms with Crippen molar-refractivity contribution in [3.63, 3.8) is 0 Å². The third kappa shape index (κ3) is 5.13. The van der Waals surface area contributed by atoms with Gasteiger partial charge in [0.2, 0.25) is 5.91 Å². The Labute approximate surface area is 118 Å². The van der Waals surface area contributed by atoms with E-state index in [9.17, 15) is 4.79 Å². The van der Waals surface area contributed by atoms with Crippen molar-refractivity contribution in [1.29, 1.82) is 0 Å². The van der Waals surface area contributed by atoms with Gasteiger partial charge in [-0.25, -0.2) is 0 Å². The predicted octanol–water partition coefficient (Wildman–Crippen LogP) is 3.18. The normalized spacial score (nSPS) is 23.6. The van der Waals surface area contributed by atoms with Crippen LogP contribution >= 0.6 is 0 Å². The number of hydrogen-bond donors (Lipinski definition) is 1. The Morgan fingerprint density at radius 3 is 2.32 bits per heavy atom. The van der Waals surface area contributed by atoms with Gasteiger partial charge < -0.3 is 10.6 Å². The van der Waals surface area contributed by atoms with Crippen LogP contribution in [0.2, 0.25) is 0 Å². The summed E-state index contributed by atoms with van der Waals surface area (Å²) in [5, 5.41) is 0. The Morgan fingerprint density at radius 2 is 1.84 bits per heavy atom. The lowest BCUT2D eigenvalue weighted by Crippen LogP contribution is -2.42. The minimum Gasteiger partial charge on any atom is -0.340 e. The van der Waals surface area contributed by atoms with Crippen LogP contribution in [0.25, 0.3) is 0 Å². The van der Waals surface area contributed by atoms with Gasteiger partial charge in [-0.2, -0.15) is 0 Å². The minimum atomic E-state index is 0.256. The third-order valence-electron chi connectivity index (χ3n) is 4.44. The number of nitrogens with two attached hydrogens (primary N) is 1. The monoisotopic (exact) mass is 268 g/mol. The second-order valence-corrected chi connectivity index (χ2v) is 6.29. The molecule has 0 radical (unpaired) electrons. The minimum absolute atomic E-state index is 0.256. The summed E-state index contributed by atoms with van der Waals surface area (Å²) in [5.41, 5.74) is 5.72. The third-order valence-corrected chi connectivity index (χ3v) is 4.44. The number of carbonyl (C=O) groups excluding carboxylic acids is 1. The van der Waals surface area contributed by atoms with Crippen LogP contribution in [0.1, 0.15) is 65.7 Å². The number of amides is 1. The first-order valence-corrected chi connectivity index (χ1v) is 8.10. The molecule has 0 aromatic rings. The molecule has 1 saturated carbocycles. The zero-order chi connectivity index (χ0) is 14.3. The average Bonchev–Trinajstić information content (AvgIpc) is 2.42. The van der Waals surface area contributed by atoms with Crippen LogP contribution in [0.5, 0.6) is 0 Å². The Kier molecular flexibility index (Phi) is 7.44. The summed E-state index contributed by atoms with van der Waals surface area (Å²) < 4.78 is 0. The molecule has 1 fully saturated rings. The zero-order valence-corrected chi connectivity index (χ0v) is 13.0. The molecule has 112 valence electrons. The molecule has 1 amide bonds. The van der Waals surface area contributed by atoms with E-state index in [0.717, 1.165) is 45.2 Å². The number of hydrogen-bond acceptors (Lipinski definition) is 2. The first-order chi connectivity index (χ1) is 9.10. The second-order valence-electron chi connectivity index (χ2n) is 6.29. The van der Waals surface area contributed by atoms with Crippen molar-refractivity contribution < 1.29 is 4.79 Å². The predicted molar refractivity (Wildman–Crippen MR) is 80.9 cm³/mol. The van der Waals surface area contributed by atoms with E-state index >= 15 is 0 Å². The number of unbranched alkanes of at least 4 members (excludes halogenated alkanes) is 2. The van der Waals surface area contributed by atoms with E-state index in [0.29, 0.717) is 17.9 Å². The highest BCUT2D eigenvalue weighted by molar-refractivity contribution is 5.79. The van der Waals surface area contributed by atoms with Gasteiger partial charge in [0.25, 0.3) is 0 Å². The lowest BCUT2D eigenvalue weighted by atomic mass is 9.81. The molecule has 2 N–H and O–H groups in total. The highest BCUT2D eigenvalue weighted by Crippen LogP contribution is 2.30. The van der Waals surface area contributed by atoms with Gasteiger partial charge in [-0.05, 0) is 58.4 Å². The molecule has 0 heterocycles. The summed E-state index contributed by atoms with van der Waals surface area (Å²) >= 11 is 0. The van der Waals surface area contributed by atoms with Crippen molar-refractivity contribution in [2.75, 3.05) is 13.1 Å². The van der Waals surface area contributed by atoms with Crippen LogP contribution in [0.15, 0.2) is 0 Å². The van der Waals surface area contributed by atoms with E-state index in [1.165, 1.54) is 12.8 Å². The molecule has 1 rings (SSSR count). The molecular formula is C16H32N2O. The van der Waals surface area contributed by atoms with Gasteiger partial charge in [-0.1, -0.05) is 19.8 Å². The fraction of sp³-hybridized carbons (Fsp3) is 0.938. The van der Waals surface area contributed by atoms with Crippen molar-refractivity contribution >= 4 is 5.91 Å². The summed E-state index contributed by atoms with van der Waals surface area (Å²) in [6.07, 6.45) is 7.91. The smallest absolute Gasteiger partial charge is 0.225 e. The van der Waals surface area contributed by atoms with Gasteiger partial charge in [-0.15, -0.1) is 0 Å². The van der Waals surface area contributed by atoms with Gasteiger partial charge in [0.1, 0.15) is 0 Å². The van der Waals surface area contributed by atoms with E-state index in [1.807, 2.05) is 0 Å². The Balaban J connectivity index is 2.47. The molecule has 0 unspecified atom stereocenters. The van der Waals surface area contributed by atoms with E-state index < -0.39 is 0 Å². The van der Waals surface area contributed by atoms with Crippen LogP contribution in [0, 0.1) is 11.8 Å². The van der Waals surface area contributed by atoms with Gasteiger partial charge >= 0.3 is 0 Å². The van der Waals surface area contributed by atoms with Gasteiger partial charge in [-0.3, -0.25) is 4.79 Å². The Hall–Kier alpha value is -0.570. The Bertz CT molecular complexity index is 257. The van der Waals surface area contributed by atoms with Crippen molar-refractivity contribution in [2.45, 2.75) is 71.8 Å². The topological polar surface area (TPSA) is 46.3 Å². The fourth-order valence-corrected chi connectivity index (χ4v) is 3.03. The highest BCUT2D eigenvalue weighted by Gasteiger charge is 2.29. The van der Waals surface area contributed by atoms with E-state index in [2.05, 4.69) is 25.7 Å². The Morgan fingerprint density at radius 1 is 1.21 bits per heavy atom.